The third-order valence-electron chi connectivity index (χ3n) is 5.96. The Morgan fingerprint density at radius 3 is 2.80 bits per heavy atom. The second kappa shape index (κ2) is 8.03. The topological polar surface area (TPSA) is 103 Å². The van der Waals surface area contributed by atoms with Gasteiger partial charge < -0.3 is 15.1 Å². The Morgan fingerprint density at radius 2 is 2.07 bits per heavy atom. The molecule has 0 unspecified atom stereocenters. The van der Waals surface area contributed by atoms with Gasteiger partial charge in [-0.2, -0.15) is 5.26 Å². The normalized spacial score (nSPS) is 20.0. The number of nitriles is 1. The molecule has 0 aliphatic carbocycles. The first-order valence-electron chi connectivity index (χ1n) is 10.1. The van der Waals surface area contributed by atoms with Crippen LogP contribution in [-0.2, 0) is 11.2 Å². The first-order chi connectivity index (χ1) is 14.5. The van der Waals surface area contributed by atoms with E-state index in [0.717, 1.165) is 16.9 Å². The van der Waals surface area contributed by atoms with Crippen LogP contribution in [0.1, 0.15) is 18.1 Å². The van der Waals surface area contributed by atoms with Crippen LogP contribution < -0.4 is 15.1 Å². The van der Waals surface area contributed by atoms with Crippen LogP contribution in [0.3, 0.4) is 0 Å². The van der Waals surface area contributed by atoms with E-state index >= 15 is 0 Å². The van der Waals surface area contributed by atoms with Crippen LogP contribution in [-0.4, -0.2) is 43.1 Å². The largest absolute Gasteiger partial charge is 0.367 e. The summed E-state index contributed by atoms with van der Waals surface area (Å²) < 4.78 is 0. The van der Waals surface area contributed by atoms with Gasteiger partial charge in [0, 0.05) is 44.0 Å². The number of benzene rings is 2. The fourth-order valence-corrected chi connectivity index (χ4v) is 4.59. The quantitative estimate of drug-likeness (QED) is 0.619. The number of para-hydroxylation sites is 1. The Hall–Kier alpha value is -3.60. The van der Waals surface area contributed by atoms with E-state index in [0.29, 0.717) is 38.2 Å². The number of piperazine rings is 1. The van der Waals surface area contributed by atoms with Gasteiger partial charge in [-0.1, -0.05) is 12.1 Å². The van der Waals surface area contributed by atoms with E-state index in [-0.39, 0.29) is 23.6 Å². The third kappa shape index (κ3) is 3.43. The second-order valence-electron chi connectivity index (χ2n) is 7.61. The van der Waals surface area contributed by atoms with Crippen LogP contribution in [0.15, 0.2) is 42.5 Å². The molecule has 1 fully saturated rings. The maximum absolute atomic E-state index is 12.9. The molecule has 0 bridgehead atoms. The number of nitro groups is 1. The number of hydrogen-bond donors (Lipinski definition) is 1. The molecule has 1 N–H and O–H groups in total. The molecule has 2 aromatic carbocycles. The fraction of sp³-hybridized carbons (Fsp3) is 0.364. The number of amides is 1. The first-order valence-corrected chi connectivity index (χ1v) is 10.1. The summed E-state index contributed by atoms with van der Waals surface area (Å²) in [6, 6.07) is 14.6. The average Bonchev–Trinajstić information content (AvgIpc) is 2.77. The van der Waals surface area contributed by atoms with E-state index in [2.05, 4.69) is 21.2 Å². The predicted octanol–water partition coefficient (Wildman–Crippen LogP) is 2.47. The summed E-state index contributed by atoms with van der Waals surface area (Å²) >= 11 is 0. The van der Waals surface area contributed by atoms with Gasteiger partial charge in [-0.3, -0.25) is 14.9 Å². The molecule has 8 heteroatoms. The van der Waals surface area contributed by atoms with Crippen molar-refractivity contribution in [2.45, 2.75) is 19.4 Å². The molecule has 1 amide bonds. The molecule has 154 valence electrons. The summed E-state index contributed by atoms with van der Waals surface area (Å²) in [4.78, 5) is 28.1. The molecule has 30 heavy (non-hydrogen) atoms. The molecule has 2 aliphatic heterocycles. The van der Waals surface area contributed by atoms with Gasteiger partial charge in [0.2, 0.25) is 5.91 Å². The molecule has 1 saturated heterocycles. The third-order valence-corrected chi connectivity index (χ3v) is 5.96. The molecular formula is C22H23N5O3. The van der Waals surface area contributed by atoms with E-state index in [4.69, 9.17) is 0 Å². The number of nitro benzene ring substituents is 1. The number of hydrogen-bond acceptors (Lipinski definition) is 6. The minimum absolute atomic E-state index is 0.0416. The zero-order chi connectivity index (χ0) is 21.3. The smallest absolute Gasteiger partial charge is 0.269 e. The Balaban J connectivity index is 1.71. The van der Waals surface area contributed by atoms with Crippen LogP contribution in [0, 0.1) is 27.4 Å². The van der Waals surface area contributed by atoms with Crippen LogP contribution >= 0.6 is 0 Å². The number of non-ortho nitro benzene ring substituents is 1. The van der Waals surface area contributed by atoms with E-state index in [1.54, 1.807) is 18.2 Å². The predicted molar refractivity (Wildman–Crippen MR) is 113 cm³/mol. The number of carbonyl (C=O) groups is 1. The van der Waals surface area contributed by atoms with Gasteiger partial charge >= 0.3 is 0 Å². The lowest BCUT2D eigenvalue weighted by Gasteiger charge is -2.49. The van der Waals surface area contributed by atoms with Crippen molar-refractivity contribution in [3.8, 4) is 6.07 Å². The SMILES string of the molecule is CCNC(=O)[C@@H]1Cc2cc([N+](=O)[O-])ccc2N2CCN(c3ccccc3C#N)C[C@@H]12. The van der Waals surface area contributed by atoms with E-state index in [1.165, 1.54) is 6.07 Å². The average molecular weight is 405 g/mol. The monoisotopic (exact) mass is 405 g/mol. The zero-order valence-corrected chi connectivity index (χ0v) is 16.7. The van der Waals surface area contributed by atoms with Gasteiger partial charge in [-0.25, -0.2) is 0 Å². The van der Waals surface area contributed by atoms with Crippen molar-refractivity contribution in [2.24, 2.45) is 5.92 Å². The molecule has 2 aliphatic rings. The van der Waals surface area contributed by atoms with Crippen molar-refractivity contribution in [2.75, 3.05) is 36.0 Å². The van der Waals surface area contributed by atoms with Crippen LogP contribution in [0.25, 0.3) is 0 Å². The van der Waals surface area contributed by atoms with Crippen molar-refractivity contribution in [1.82, 2.24) is 5.32 Å². The number of carbonyl (C=O) groups excluding carboxylic acids is 1. The molecule has 2 aromatic rings. The standard InChI is InChI=1S/C22H23N5O3/c1-2-24-22(28)18-12-16-11-17(27(29)30)7-8-20(16)26-10-9-25(14-21(18)26)19-6-4-3-5-15(19)13-23/h3-8,11,18,21H,2,9-10,12,14H2,1H3,(H,24,28)/t18-,21+/m1/s1. The zero-order valence-electron chi connectivity index (χ0n) is 16.7. The lowest BCUT2D eigenvalue weighted by molar-refractivity contribution is -0.384. The van der Waals surface area contributed by atoms with Crippen LogP contribution in [0.5, 0.6) is 0 Å². The van der Waals surface area contributed by atoms with Gasteiger partial charge in [-0.15, -0.1) is 0 Å². The summed E-state index contributed by atoms with van der Waals surface area (Å²) in [5.74, 6) is -0.364. The second-order valence-corrected chi connectivity index (χ2v) is 7.61. The minimum atomic E-state index is -0.399. The summed E-state index contributed by atoms with van der Waals surface area (Å²) in [6.07, 6.45) is 0.456. The van der Waals surface area contributed by atoms with Crippen molar-refractivity contribution < 1.29 is 9.72 Å². The summed E-state index contributed by atoms with van der Waals surface area (Å²) in [6.45, 7) is 4.40. The van der Waals surface area contributed by atoms with Gasteiger partial charge in [0.25, 0.3) is 5.69 Å². The molecule has 0 saturated carbocycles. The minimum Gasteiger partial charge on any atom is -0.367 e. The summed E-state index contributed by atoms with van der Waals surface area (Å²) in [5.41, 5.74) is 3.33. The molecular weight excluding hydrogens is 382 g/mol. The van der Waals surface area contributed by atoms with Gasteiger partial charge in [-0.05, 0) is 37.1 Å². The summed E-state index contributed by atoms with van der Waals surface area (Å²) in [5, 5.41) is 23.6. The molecule has 2 heterocycles. The molecule has 8 nitrogen and oxygen atoms in total. The maximum atomic E-state index is 12.9. The molecule has 0 spiro atoms. The van der Waals surface area contributed by atoms with E-state index in [1.807, 2.05) is 25.1 Å². The number of nitrogens with zero attached hydrogens (tertiary/aromatic N) is 4. The molecule has 2 atom stereocenters. The van der Waals surface area contributed by atoms with Gasteiger partial charge in [0.05, 0.1) is 28.1 Å². The van der Waals surface area contributed by atoms with E-state index in [9.17, 15) is 20.2 Å². The highest BCUT2D eigenvalue weighted by atomic mass is 16.6. The van der Waals surface area contributed by atoms with Gasteiger partial charge in [0.1, 0.15) is 6.07 Å². The molecule has 4 rings (SSSR count). The Bertz CT molecular complexity index is 1030. The van der Waals surface area contributed by atoms with Gasteiger partial charge in [0.15, 0.2) is 0 Å². The first kappa shape index (κ1) is 19.7. The number of anilines is 2. The number of fused-ring (bicyclic) bond motifs is 3. The molecule has 0 radical (unpaired) electrons. The lowest BCUT2D eigenvalue weighted by atomic mass is 9.83. The van der Waals surface area contributed by atoms with Crippen molar-refractivity contribution >= 4 is 23.0 Å². The Labute approximate surface area is 174 Å². The summed E-state index contributed by atoms with van der Waals surface area (Å²) in [7, 11) is 0. The van der Waals surface area contributed by atoms with Crippen LogP contribution in [0.4, 0.5) is 17.1 Å². The number of rotatable bonds is 4. The number of nitrogens with one attached hydrogen (secondary N) is 1. The maximum Gasteiger partial charge on any atom is 0.269 e. The molecule has 0 aromatic heterocycles. The van der Waals surface area contributed by atoms with Crippen molar-refractivity contribution in [3.63, 3.8) is 0 Å². The fourth-order valence-electron chi connectivity index (χ4n) is 4.59. The van der Waals surface area contributed by atoms with Crippen molar-refractivity contribution in [3.05, 3.63) is 63.7 Å². The Kier molecular flexibility index (Phi) is 5.27. The Morgan fingerprint density at radius 1 is 1.27 bits per heavy atom. The van der Waals surface area contributed by atoms with Crippen LogP contribution in [0.2, 0.25) is 0 Å². The highest BCUT2D eigenvalue weighted by molar-refractivity contribution is 5.82. The lowest BCUT2D eigenvalue weighted by Crippen LogP contribution is -2.61. The highest BCUT2D eigenvalue weighted by Crippen LogP contribution is 2.39. The van der Waals surface area contributed by atoms with Crippen molar-refractivity contribution in [1.29, 1.82) is 5.26 Å². The van der Waals surface area contributed by atoms with E-state index < -0.39 is 4.92 Å². The highest BCUT2D eigenvalue weighted by Gasteiger charge is 2.42.